The molecule has 1 atom stereocenters. The van der Waals surface area contributed by atoms with Crippen LogP contribution in [0.2, 0.25) is 0 Å². The van der Waals surface area contributed by atoms with Crippen LogP contribution >= 0.6 is 27.3 Å². The standard InChI is InChI=1S/C21H19BrN2O2S/c1-11-8-9-15-17(10-11)27-21(18(15)19(23)25)24-20(26)14-6-2-5-13-12(14)4-3-7-16(13)22/h2-7,11H,8-10H2,1H3,(H2,23,25)(H,24,26)/t11-/m1/s1. The molecule has 2 aromatic carbocycles. The normalized spacial score (nSPS) is 16.1. The Kier molecular flexibility index (Phi) is 4.78. The Balaban J connectivity index is 1.74. The average molecular weight is 443 g/mol. The molecular weight excluding hydrogens is 424 g/mol. The first-order chi connectivity index (χ1) is 13.0. The molecule has 0 bridgehead atoms. The second-order valence-corrected chi connectivity index (χ2v) is 8.97. The Morgan fingerprint density at radius 1 is 1.19 bits per heavy atom. The van der Waals surface area contributed by atoms with Gasteiger partial charge in [-0.3, -0.25) is 9.59 Å². The van der Waals surface area contributed by atoms with Gasteiger partial charge >= 0.3 is 0 Å². The summed E-state index contributed by atoms with van der Waals surface area (Å²) in [5.74, 6) is -0.123. The molecule has 0 aliphatic heterocycles. The van der Waals surface area contributed by atoms with Gasteiger partial charge in [0, 0.05) is 14.9 Å². The number of carbonyl (C=O) groups excluding carboxylic acids is 2. The van der Waals surface area contributed by atoms with Gasteiger partial charge in [0.25, 0.3) is 11.8 Å². The molecule has 0 fully saturated rings. The number of primary amides is 1. The Hall–Kier alpha value is -2.18. The Labute approximate surface area is 169 Å². The molecule has 0 saturated carbocycles. The van der Waals surface area contributed by atoms with E-state index in [4.69, 9.17) is 5.73 Å². The van der Waals surface area contributed by atoms with Crippen LogP contribution in [0.15, 0.2) is 40.9 Å². The third-order valence-electron chi connectivity index (χ3n) is 5.10. The summed E-state index contributed by atoms with van der Waals surface area (Å²) in [6.45, 7) is 2.21. The fraction of sp³-hybridized carbons (Fsp3) is 0.238. The number of nitrogens with two attached hydrogens (primary N) is 1. The summed E-state index contributed by atoms with van der Waals surface area (Å²) in [5, 5.41) is 5.36. The van der Waals surface area contributed by atoms with E-state index in [9.17, 15) is 9.59 Å². The molecule has 1 aromatic heterocycles. The molecule has 4 rings (SSSR count). The highest BCUT2D eigenvalue weighted by atomic mass is 79.9. The third kappa shape index (κ3) is 3.28. The number of anilines is 1. The van der Waals surface area contributed by atoms with Gasteiger partial charge in [0.15, 0.2) is 0 Å². The number of hydrogen-bond donors (Lipinski definition) is 2. The number of fused-ring (bicyclic) bond motifs is 2. The minimum absolute atomic E-state index is 0.229. The lowest BCUT2D eigenvalue weighted by Gasteiger charge is -2.18. The molecule has 138 valence electrons. The molecule has 2 amide bonds. The van der Waals surface area contributed by atoms with Gasteiger partial charge in [-0.15, -0.1) is 11.3 Å². The monoisotopic (exact) mass is 442 g/mol. The second kappa shape index (κ2) is 7.09. The fourth-order valence-electron chi connectivity index (χ4n) is 3.74. The smallest absolute Gasteiger partial charge is 0.256 e. The van der Waals surface area contributed by atoms with Crippen molar-refractivity contribution in [2.45, 2.75) is 26.2 Å². The second-order valence-electron chi connectivity index (χ2n) is 7.01. The lowest BCUT2D eigenvalue weighted by atomic mass is 9.88. The zero-order chi connectivity index (χ0) is 19.1. The molecule has 3 aromatic rings. The van der Waals surface area contributed by atoms with Crippen molar-refractivity contribution in [3.8, 4) is 0 Å². The van der Waals surface area contributed by atoms with Gasteiger partial charge in [-0.2, -0.15) is 0 Å². The number of benzene rings is 2. The largest absolute Gasteiger partial charge is 0.365 e. The SMILES string of the molecule is C[C@@H]1CCc2c(sc(NC(=O)c3cccc4c(Br)cccc34)c2C(N)=O)C1. The van der Waals surface area contributed by atoms with Crippen LogP contribution in [0, 0.1) is 5.92 Å². The maximum absolute atomic E-state index is 13.0. The van der Waals surface area contributed by atoms with E-state index in [0.29, 0.717) is 22.0 Å². The number of hydrogen-bond acceptors (Lipinski definition) is 3. The molecule has 0 unspecified atom stereocenters. The van der Waals surface area contributed by atoms with E-state index in [-0.39, 0.29) is 5.91 Å². The topological polar surface area (TPSA) is 72.2 Å². The summed E-state index contributed by atoms with van der Waals surface area (Å²) < 4.78 is 0.938. The molecule has 1 heterocycles. The van der Waals surface area contributed by atoms with Crippen molar-refractivity contribution >= 4 is 54.9 Å². The highest BCUT2D eigenvalue weighted by molar-refractivity contribution is 9.10. The van der Waals surface area contributed by atoms with Gasteiger partial charge in [-0.25, -0.2) is 0 Å². The molecule has 27 heavy (non-hydrogen) atoms. The minimum Gasteiger partial charge on any atom is -0.365 e. The predicted octanol–water partition coefficient (Wildman–Crippen LogP) is 5.14. The molecule has 6 heteroatoms. The third-order valence-corrected chi connectivity index (χ3v) is 6.96. The summed E-state index contributed by atoms with van der Waals surface area (Å²) in [6, 6.07) is 11.4. The van der Waals surface area contributed by atoms with Crippen LogP contribution in [0.4, 0.5) is 5.00 Å². The highest BCUT2D eigenvalue weighted by Gasteiger charge is 2.27. The van der Waals surface area contributed by atoms with Crippen molar-refractivity contribution in [2.24, 2.45) is 11.7 Å². The first kappa shape index (κ1) is 18.2. The zero-order valence-electron chi connectivity index (χ0n) is 14.8. The minimum atomic E-state index is -0.474. The number of carbonyl (C=O) groups is 2. The van der Waals surface area contributed by atoms with Gasteiger partial charge < -0.3 is 11.1 Å². The summed E-state index contributed by atoms with van der Waals surface area (Å²) in [7, 11) is 0. The van der Waals surface area contributed by atoms with Crippen LogP contribution < -0.4 is 11.1 Å². The highest BCUT2D eigenvalue weighted by Crippen LogP contribution is 2.39. The number of nitrogens with one attached hydrogen (secondary N) is 1. The molecular formula is C21H19BrN2O2S. The number of amides is 2. The van der Waals surface area contributed by atoms with Crippen LogP contribution in [-0.2, 0) is 12.8 Å². The number of thiophene rings is 1. The molecule has 1 aliphatic rings. The van der Waals surface area contributed by atoms with E-state index in [1.54, 1.807) is 6.07 Å². The molecule has 0 saturated heterocycles. The Morgan fingerprint density at radius 2 is 1.93 bits per heavy atom. The summed E-state index contributed by atoms with van der Waals surface area (Å²) >= 11 is 5.01. The molecule has 3 N–H and O–H groups in total. The summed E-state index contributed by atoms with van der Waals surface area (Å²) in [6.07, 6.45) is 2.80. The predicted molar refractivity (Wildman–Crippen MR) is 114 cm³/mol. The fourth-order valence-corrected chi connectivity index (χ4v) is 5.65. The van der Waals surface area contributed by atoms with Crippen LogP contribution in [0.1, 0.15) is 44.5 Å². The van der Waals surface area contributed by atoms with Crippen LogP contribution in [-0.4, -0.2) is 11.8 Å². The van der Waals surface area contributed by atoms with Crippen LogP contribution in [0.25, 0.3) is 10.8 Å². The molecule has 0 radical (unpaired) electrons. The van der Waals surface area contributed by atoms with Crippen molar-refractivity contribution in [2.75, 3.05) is 5.32 Å². The first-order valence-corrected chi connectivity index (χ1v) is 10.5. The number of rotatable bonds is 3. The van der Waals surface area contributed by atoms with E-state index in [1.807, 2.05) is 30.3 Å². The maximum Gasteiger partial charge on any atom is 0.256 e. The number of halogens is 1. The van der Waals surface area contributed by atoms with E-state index < -0.39 is 5.91 Å². The van der Waals surface area contributed by atoms with Crippen LogP contribution in [0.3, 0.4) is 0 Å². The zero-order valence-corrected chi connectivity index (χ0v) is 17.2. The lowest BCUT2D eigenvalue weighted by Crippen LogP contribution is -2.19. The van der Waals surface area contributed by atoms with Crippen LogP contribution in [0.5, 0.6) is 0 Å². The maximum atomic E-state index is 13.0. The van der Waals surface area contributed by atoms with Crippen molar-refractivity contribution in [1.29, 1.82) is 0 Å². The van der Waals surface area contributed by atoms with E-state index in [0.717, 1.165) is 40.1 Å². The lowest BCUT2D eigenvalue weighted by molar-refractivity contribution is 0.1000. The van der Waals surface area contributed by atoms with E-state index in [2.05, 4.69) is 28.2 Å². The van der Waals surface area contributed by atoms with E-state index >= 15 is 0 Å². The van der Waals surface area contributed by atoms with Gasteiger partial charge in [-0.05, 0) is 53.6 Å². The molecule has 1 aliphatic carbocycles. The quantitative estimate of drug-likeness (QED) is 0.589. The van der Waals surface area contributed by atoms with Crippen molar-refractivity contribution in [1.82, 2.24) is 0 Å². The van der Waals surface area contributed by atoms with Crippen molar-refractivity contribution in [3.63, 3.8) is 0 Å². The summed E-state index contributed by atoms with van der Waals surface area (Å²) in [5.41, 5.74) is 7.72. The Bertz CT molecular complexity index is 1070. The van der Waals surface area contributed by atoms with Crippen molar-refractivity contribution < 1.29 is 9.59 Å². The first-order valence-electron chi connectivity index (χ1n) is 8.88. The van der Waals surface area contributed by atoms with Gasteiger partial charge in [0.2, 0.25) is 0 Å². The van der Waals surface area contributed by atoms with Gasteiger partial charge in [-0.1, -0.05) is 47.1 Å². The van der Waals surface area contributed by atoms with Crippen molar-refractivity contribution in [3.05, 3.63) is 62.4 Å². The Morgan fingerprint density at radius 3 is 2.70 bits per heavy atom. The van der Waals surface area contributed by atoms with Gasteiger partial charge in [0.1, 0.15) is 5.00 Å². The molecule has 0 spiro atoms. The summed E-state index contributed by atoms with van der Waals surface area (Å²) in [4.78, 5) is 26.3. The van der Waals surface area contributed by atoms with E-state index in [1.165, 1.54) is 16.2 Å². The van der Waals surface area contributed by atoms with Gasteiger partial charge in [0.05, 0.1) is 5.56 Å². The molecule has 4 nitrogen and oxygen atoms in total. The average Bonchev–Trinajstić information content (AvgIpc) is 2.98.